The van der Waals surface area contributed by atoms with E-state index in [4.69, 9.17) is 5.26 Å². The van der Waals surface area contributed by atoms with Crippen molar-refractivity contribution in [1.29, 1.82) is 5.26 Å². The highest BCUT2D eigenvalue weighted by Gasteiger charge is 2.34. The Hall–Kier alpha value is -3.35. The Bertz CT molecular complexity index is 1210. The van der Waals surface area contributed by atoms with Crippen molar-refractivity contribution in [3.05, 3.63) is 86.6 Å². The maximum absolute atomic E-state index is 12.8. The van der Waals surface area contributed by atoms with Crippen LogP contribution in [-0.4, -0.2) is 28.6 Å². The second kappa shape index (κ2) is 9.20. The fourth-order valence-corrected chi connectivity index (χ4v) is 5.17. The topological polar surface area (TPSA) is 115 Å². The number of thioether (sulfide) groups is 1. The molecule has 2 amide bonds. The second-order valence-corrected chi connectivity index (χ2v) is 9.20. The van der Waals surface area contributed by atoms with Crippen molar-refractivity contribution in [3.63, 3.8) is 0 Å². The van der Waals surface area contributed by atoms with Gasteiger partial charge in [0.15, 0.2) is 0 Å². The summed E-state index contributed by atoms with van der Waals surface area (Å²) in [5, 5.41) is 16.8. The number of carbonyl (C=O) groups excluding carboxylic acids is 2. The highest BCUT2D eigenvalue weighted by molar-refractivity contribution is 8.01. The van der Waals surface area contributed by atoms with Gasteiger partial charge in [0.2, 0.25) is 5.91 Å². The molecule has 31 heavy (non-hydrogen) atoms. The Morgan fingerprint density at radius 3 is 2.74 bits per heavy atom. The lowest BCUT2D eigenvalue weighted by atomic mass is 10.1. The first-order chi connectivity index (χ1) is 15.0. The molecule has 3 N–H and O–H groups in total. The van der Waals surface area contributed by atoms with Gasteiger partial charge in [0.1, 0.15) is 17.3 Å². The number of hydrogen-bond donors (Lipinski definition) is 3. The van der Waals surface area contributed by atoms with Crippen LogP contribution in [0.4, 0.5) is 0 Å². The first-order valence-corrected chi connectivity index (χ1v) is 11.4. The van der Waals surface area contributed by atoms with E-state index in [0.29, 0.717) is 6.42 Å². The standard InChI is InChI=1S/C22H18N4O3S2/c23-11-14-7-8-16(21(28)24-14)22(29)26-20-15-5-2-1-4-13(15)10-17(20)25-18(27)12-31-19-6-3-9-30-19/h1-9,17,20H,10,12H2,(H,24,28)(H,25,27)(H,26,29)/t17-,20-/m1/s1. The number of thiophene rings is 1. The largest absolute Gasteiger partial charge is 0.350 e. The Morgan fingerprint density at radius 1 is 1.16 bits per heavy atom. The van der Waals surface area contributed by atoms with E-state index in [9.17, 15) is 14.4 Å². The van der Waals surface area contributed by atoms with Gasteiger partial charge in [-0.25, -0.2) is 0 Å². The predicted molar refractivity (Wildman–Crippen MR) is 119 cm³/mol. The summed E-state index contributed by atoms with van der Waals surface area (Å²) < 4.78 is 1.06. The molecule has 0 saturated carbocycles. The molecule has 9 heteroatoms. The van der Waals surface area contributed by atoms with Gasteiger partial charge >= 0.3 is 0 Å². The van der Waals surface area contributed by atoms with Crippen molar-refractivity contribution in [3.8, 4) is 6.07 Å². The maximum Gasteiger partial charge on any atom is 0.261 e. The number of aromatic nitrogens is 1. The lowest BCUT2D eigenvalue weighted by Gasteiger charge is -2.23. The van der Waals surface area contributed by atoms with Crippen LogP contribution in [0.1, 0.15) is 33.2 Å². The summed E-state index contributed by atoms with van der Waals surface area (Å²) in [7, 11) is 0. The Morgan fingerprint density at radius 2 is 2.00 bits per heavy atom. The maximum atomic E-state index is 12.8. The number of aromatic amines is 1. The van der Waals surface area contributed by atoms with Gasteiger partial charge < -0.3 is 15.6 Å². The van der Waals surface area contributed by atoms with Crippen LogP contribution in [0.25, 0.3) is 0 Å². The average molecular weight is 451 g/mol. The van der Waals surface area contributed by atoms with Crippen LogP contribution in [0.15, 0.2) is 62.9 Å². The smallest absolute Gasteiger partial charge is 0.261 e. The number of fused-ring (bicyclic) bond motifs is 1. The van der Waals surface area contributed by atoms with Crippen LogP contribution >= 0.6 is 23.1 Å². The fourth-order valence-electron chi connectivity index (χ4n) is 3.58. The molecule has 0 fully saturated rings. The van der Waals surface area contributed by atoms with Crippen LogP contribution in [-0.2, 0) is 11.2 Å². The van der Waals surface area contributed by atoms with Gasteiger partial charge in [-0.2, -0.15) is 5.26 Å². The fraction of sp³-hybridized carbons (Fsp3) is 0.182. The molecule has 7 nitrogen and oxygen atoms in total. The second-order valence-electron chi connectivity index (χ2n) is 6.98. The molecule has 0 spiro atoms. The molecule has 3 aromatic rings. The molecule has 0 unspecified atom stereocenters. The van der Waals surface area contributed by atoms with Crippen molar-refractivity contribution in [2.75, 3.05) is 5.75 Å². The van der Waals surface area contributed by atoms with E-state index >= 15 is 0 Å². The zero-order valence-corrected chi connectivity index (χ0v) is 17.9. The van der Waals surface area contributed by atoms with E-state index in [2.05, 4.69) is 15.6 Å². The summed E-state index contributed by atoms with van der Waals surface area (Å²) >= 11 is 3.05. The van der Waals surface area contributed by atoms with Crippen LogP contribution < -0.4 is 16.2 Å². The minimum atomic E-state index is -0.629. The molecular weight excluding hydrogens is 432 g/mol. The minimum Gasteiger partial charge on any atom is -0.350 e. The summed E-state index contributed by atoms with van der Waals surface area (Å²) in [6, 6.07) is 15.3. The number of pyridine rings is 1. The van der Waals surface area contributed by atoms with Crippen molar-refractivity contribution in [2.45, 2.75) is 22.7 Å². The van der Waals surface area contributed by atoms with Gasteiger partial charge in [0, 0.05) is 0 Å². The third-order valence-electron chi connectivity index (χ3n) is 4.98. The van der Waals surface area contributed by atoms with E-state index in [-0.39, 0.29) is 29.0 Å². The molecule has 1 aliphatic carbocycles. The molecule has 2 aromatic heterocycles. The molecule has 0 aliphatic heterocycles. The normalized spacial score (nSPS) is 16.9. The first-order valence-electron chi connectivity index (χ1n) is 9.53. The summed E-state index contributed by atoms with van der Waals surface area (Å²) in [6.45, 7) is 0. The summed E-state index contributed by atoms with van der Waals surface area (Å²) in [5.74, 6) is -0.394. The van der Waals surface area contributed by atoms with Gasteiger partial charge in [0.25, 0.3) is 11.5 Å². The van der Waals surface area contributed by atoms with E-state index in [0.717, 1.165) is 15.3 Å². The van der Waals surface area contributed by atoms with Crippen LogP contribution in [0.5, 0.6) is 0 Å². The third-order valence-corrected chi connectivity index (χ3v) is 7.11. The molecule has 1 aliphatic rings. The van der Waals surface area contributed by atoms with Gasteiger partial charge in [-0.3, -0.25) is 14.4 Å². The summed E-state index contributed by atoms with van der Waals surface area (Å²) in [4.78, 5) is 39.9. The Kier molecular flexibility index (Phi) is 6.21. The number of hydrogen-bond acceptors (Lipinski definition) is 6. The van der Waals surface area contributed by atoms with Gasteiger partial charge in [-0.15, -0.1) is 23.1 Å². The van der Waals surface area contributed by atoms with E-state index < -0.39 is 17.5 Å². The number of rotatable bonds is 6. The third kappa shape index (κ3) is 4.71. The lowest BCUT2D eigenvalue weighted by Crippen LogP contribution is -2.45. The number of carbonyl (C=O) groups is 2. The molecule has 2 heterocycles. The highest BCUT2D eigenvalue weighted by Crippen LogP contribution is 2.32. The van der Waals surface area contributed by atoms with Crippen LogP contribution in [0, 0.1) is 11.3 Å². The molecule has 1 aromatic carbocycles. The number of nitrogens with one attached hydrogen (secondary N) is 3. The number of nitriles is 1. The summed E-state index contributed by atoms with van der Waals surface area (Å²) in [5.41, 5.74) is 1.33. The van der Waals surface area contributed by atoms with Gasteiger partial charge in [0.05, 0.1) is 22.0 Å². The van der Waals surface area contributed by atoms with Crippen molar-refractivity contribution < 1.29 is 9.59 Å². The number of nitrogens with zero attached hydrogens (tertiary/aromatic N) is 1. The monoisotopic (exact) mass is 450 g/mol. The van der Waals surface area contributed by atoms with E-state index in [1.165, 1.54) is 23.9 Å². The summed E-state index contributed by atoms with van der Waals surface area (Å²) in [6.07, 6.45) is 0.584. The highest BCUT2D eigenvalue weighted by atomic mass is 32.2. The zero-order chi connectivity index (χ0) is 21.8. The number of amides is 2. The zero-order valence-electron chi connectivity index (χ0n) is 16.3. The molecule has 2 atom stereocenters. The van der Waals surface area contributed by atoms with Crippen molar-refractivity contribution in [1.82, 2.24) is 15.6 Å². The first kappa shape index (κ1) is 20.9. The molecule has 156 valence electrons. The molecule has 4 rings (SSSR count). The predicted octanol–water partition coefficient (Wildman–Crippen LogP) is 2.61. The van der Waals surface area contributed by atoms with E-state index in [1.54, 1.807) is 11.3 Å². The SMILES string of the molecule is N#Cc1ccc(C(=O)N[C@@H]2c3ccccc3C[C@H]2NC(=O)CSc2cccs2)c(=O)[nH]1. The van der Waals surface area contributed by atoms with Gasteiger partial charge in [-0.05, 0) is 41.1 Å². The number of benzene rings is 1. The van der Waals surface area contributed by atoms with E-state index in [1.807, 2.05) is 47.8 Å². The van der Waals surface area contributed by atoms with Crippen molar-refractivity contribution >= 4 is 34.9 Å². The molecule has 0 radical (unpaired) electrons. The van der Waals surface area contributed by atoms with Gasteiger partial charge in [-0.1, -0.05) is 30.3 Å². The number of H-pyrrole nitrogens is 1. The quantitative estimate of drug-likeness (QED) is 0.500. The van der Waals surface area contributed by atoms with Crippen molar-refractivity contribution in [2.24, 2.45) is 0 Å². The Labute approximate surface area is 186 Å². The minimum absolute atomic E-state index is 0.0818. The average Bonchev–Trinajstić information content (AvgIpc) is 3.40. The van der Waals surface area contributed by atoms with Crippen LogP contribution in [0.3, 0.4) is 0 Å². The molecular formula is C22H18N4O3S2. The Balaban J connectivity index is 1.50. The molecule has 0 bridgehead atoms. The van der Waals surface area contributed by atoms with Crippen LogP contribution in [0.2, 0.25) is 0 Å². The lowest BCUT2D eigenvalue weighted by molar-refractivity contribution is -0.119. The molecule has 0 saturated heterocycles.